The Morgan fingerprint density at radius 1 is 0.531 bits per heavy atom. The molecule has 0 aliphatic rings. The zero-order valence-electron chi connectivity index (χ0n) is 22.5. The maximum absolute atomic E-state index is 2.56. The first kappa shape index (κ1) is 29.2. The van der Waals surface area contributed by atoms with Crippen molar-refractivity contribution in [1.29, 1.82) is 0 Å². The van der Waals surface area contributed by atoms with E-state index in [-0.39, 0.29) is 0 Å². The van der Waals surface area contributed by atoms with Crippen LogP contribution < -0.4 is 4.57 Å². The lowest BCUT2D eigenvalue weighted by Gasteiger charge is -2.06. The smallest absolute Gasteiger partial charge is 0.234 e. The molecule has 1 aromatic heterocycles. The summed E-state index contributed by atoms with van der Waals surface area (Å²) >= 11 is 0. The Kier molecular flexibility index (Phi) is 20.1. The van der Waals surface area contributed by atoms with Crippen LogP contribution in [0.1, 0.15) is 161 Å². The molecule has 0 saturated heterocycles. The average Bonchev–Trinajstić information content (AvgIpc) is 3.18. The van der Waals surface area contributed by atoms with Gasteiger partial charge in [-0.05, 0) is 32.1 Å². The number of nitrogens with zero attached hydrogens (tertiary/aromatic N) is 2. The summed E-state index contributed by atoms with van der Waals surface area (Å²) in [6.07, 6.45) is 35.6. The lowest BCUT2D eigenvalue weighted by atomic mass is 10.1. The molecule has 188 valence electrons. The summed E-state index contributed by atoms with van der Waals surface area (Å²) in [6.45, 7) is 9.36. The van der Waals surface area contributed by atoms with Gasteiger partial charge < -0.3 is 0 Å². The molecule has 0 aromatic carbocycles. The topological polar surface area (TPSA) is 8.81 Å². The molecule has 0 saturated carbocycles. The molecule has 1 aromatic rings. The summed E-state index contributed by atoms with van der Waals surface area (Å²) in [5.74, 6) is 1.57. The largest absolute Gasteiger partial charge is 0.256 e. The number of imidazole rings is 1. The van der Waals surface area contributed by atoms with E-state index in [1.807, 2.05) is 0 Å². The standard InChI is InChI=1S/C30H59N2/c1-4-7-9-11-13-15-16-17-18-20-22-24-27-32-29-28-31(30(32)25-6-3)26-23-21-19-14-12-10-8-5-2/h28-29H,4-27H2,1-3H3/q+1. The quantitative estimate of drug-likeness (QED) is 0.110. The molecule has 0 spiro atoms. The van der Waals surface area contributed by atoms with Gasteiger partial charge in [0.05, 0.1) is 13.1 Å². The summed E-state index contributed by atoms with van der Waals surface area (Å²) in [5, 5.41) is 0. The molecule has 1 rings (SSSR count). The third kappa shape index (κ3) is 15.1. The van der Waals surface area contributed by atoms with Gasteiger partial charge in [-0.25, -0.2) is 9.13 Å². The van der Waals surface area contributed by atoms with Crippen molar-refractivity contribution in [2.75, 3.05) is 0 Å². The van der Waals surface area contributed by atoms with Gasteiger partial charge in [0.2, 0.25) is 0 Å². The fourth-order valence-corrected chi connectivity index (χ4v) is 4.96. The second-order valence-electron chi connectivity index (χ2n) is 10.2. The maximum atomic E-state index is 2.56. The van der Waals surface area contributed by atoms with Crippen LogP contribution in [-0.4, -0.2) is 4.57 Å². The number of unbranched alkanes of at least 4 members (excludes halogenated alkanes) is 18. The lowest BCUT2D eigenvalue weighted by Crippen LogP contribution is -2.37. The third-order valence-corrected chi connectivity index (χ3v) is 7.07. The highest BCUT2D eigenvalue weighted by Crippen LogP contribution is 2.13. The van der Waals surface area contributed by atoms with E-state index in [1.54, 1.807) is 5.82 Å². The van der Waals surface area contributed by atoms with Crippen molar-refractivity contribution in [3.8, 4) is 0 Å². The van der Waals surface area contributed by atoms with Gasteiger partial charge in [-0.3, -0.25) is 0 Å². The molecule has 0 fully saturated rings. The first-order valence-electron chi connectivity index (χ1n) is 14.9. The van der Waals surface area contributed by atoms with Crippen molar-refractivity contribution in [2.24, 2.45) is 0 Å². The number of aryl methyl sites for hydroxylation is 2. The van der Waals surface area contributed by atoms with Gasteiger partial charge in [0.15, 0.2) is 0 Å². The van der Waals surface area contributed by atoms with Gasteiger partial charge in [0.1, 0.15) is 12.4 Å². The minimum Gasteiger partial charge on any atom is -0.234 e. The monoisotopic (exact) mass is 447 g/mol. The predicted molar refractivity (Wildman–Crippen MR) is 142 cm³/mol. The van der Waals surface area contributed by atoms with E-state index in [4.69, 9.17) is 0 Å². The molecule has 32 heavy (non-hydrogen) atoms. The Labute approximate surface area is 202 Å². The summed E-state index contributed by atoms with van der Waals surface area (Å²) < 4.78 is 5.12. The van der Waals surface area contributed by atoms with E-state index in [9.17, 15) is 0 Å². The van der Waals surface area contributed by atoms with Gasteiger partial charge in [0.25, 0.3) is 5.82 Å². The molecule has 0 aliphatic carbocycles. The van der Waals surface area contributed by atoms with Crippen molar-refractivity contribution in [3.05, 3.63) is 18.2 Å². The van der Waals surface area contributed by atoms with Gasteiger partial charge in [-0.2, -0.15) is 0 Å². The Hall–Kier alpha value is -0.790. The third-order valence-electron chi connectivity index (χ3n) is 7.07. The first-order chi connectivity index (χ1) is 15.8. The zero-order chi connectivity index (χ0) is 23.1. The van der Waals surface area contributed by atoms with E-state index in [2.05, 4.69) is 42.3 Å². The maximum Gasteiger partial charge on any atom is 0.256 e. The Bertz CT molecular complexity index is 505. The molecule has 0 radical (unpaired) electrons. The van der Waals surface area contributed by atoms with E-state index in [0.29, 0.717) is 0 Å². The minimum atomic E-state index is 1.22. The molecular weight excluding hydrogens is 388 g/mol. The predicted octanol–water partition coefficient (Wildman–Crippen LogP) is 9.57. The molecular formula is C30H59N2+. The number of rotatable bonds is 24. The van der Waals surface area contributed by atoms with Crippen LogP contribution in [-0.2, 0) is 19.5 Å². The number of hydrogen-bond acceptors (Lipinski definition) is 0. The molecule has 0 unspecified atom stereocenters. The summed E-state index contributed by atoms with van der Waals surface area (Å²) in [6, 6.07) is 0. The van der Waals surface area contributed by atoms with Crippen LogP contribution in [0.4, 0.5) is 0 Å². The van der Waals surface area contributed by atoms with E-state index in [0.717, 1.165) is 0 Å². The normalized spacial score (nSPS) is 11.5. The molecule has 0 aliphatic heterocycles. The van der Waals surface area contributed by atoms with Crippen molar-refractivity contribution < 1.29 is 4.57 Å². The highest BCUT2D eigenvalue weighted by atomic mass is 15.1. The minimum absolute atomic E-state index is 1.22. The highest BCUT2D eigenvalue weighted by molar-refractivity contribution is 4.84. The Balaban J connectivity index is 2.11. The second kappa shape index (κ2) is 22.0. The summed E-state index contributed by atoms with van der Waals surface area (Å²) in [7, 11) is 0. The molecule has 0 bridgehead atoms. The van der Waals surface area contributed by atoms with E-state index in [1.165, 1.54) is 154 Å². The number of aromatic nitrogens is 2. The Morgan fingerprint density at radius 3 is 1.44 bits per heavy atom. The summed E-state index contributed by atoms with van der Waals surface area (Å²) in [4.78, 5) is 0. The fraction of sp³-hybridized carbons (Fsp3) is 0.900. The van der Waals surface area contributed by atoms with Gasteiger partial charge in [-0.1, -0.05) is 124 Å². The van der Waals surface area contributed by atoms with Crippen LogP contribution in [0.25, 0.3) is 0 Å². The molecule has 1 heterocycles. The average molecular weight is 448 g/mol. The van der Waals surface area contributed by atoms with Crippen LogP contribution in [0.3, 0.4) is 0 Å². The molecule has 0 atom stereocenters. The van der Waals surface area contributed by atoms with Crippen LogP contribution in [0.15, 0.2) is 12.4 Å². The van der Waals surface area contributed by atoms with Gasteiger partial charge in [-0.15, -0.1) is 0 Å². The van der Waals surface area contributed by atoms with Crippen molar-refractivity contribution >= 4 is 0 Å². The molecule has 0 N–H and O–H groups in total. The number of hydrogen-bond donors (Lipinski definition) is 0. The van der Waals surface area contributed by atoms with Gasteiger partial charge in [0, 0.05) is 6.42 Å². The van der Waals surface area contributed by atoms with Crippen LogP contribution in [0, 0.1) is 0 Å². The fourth-order valence-electron chi connectivity index (χ4n) is 4.96. The second-order valence-corrected chi connectivity index (χ2v) is 10.2. The molecule has 2 heteroatoms. The van der Waals surface area contributed by atoms with E-state index >= 15 is 0 Å². The lowest BCUT2D eigenvalue weighted by molar-refractivity contribution is -0.704. The van der Waals surface area contributed by atoms with Crippen LogP contribution in [0.2, 0.25) is 0 Å². The van der Waals surface area contributed by atoms with Crippen molar-refractivity contribution in [2.45, 2.75) is 175 Å². The summed E-state index contributed by atoms with van der Waals surface area (Å²) in [5.41, 5.74) is 0. The van der Waals surface area contributed by atoms with Gasteiger partial charge >= 0.3 is 0 Å². The van der Waals surface area contributed by atoms with Crippen LogP contribution >= 0.6 is 0 Å². The first-order valence-corrected chi connectivity index (χ1v) is 14.9. The SMILES string of the molecule is CCCCCCCCCCCCCCn1cc[n+](CCCCCCCCCC)c1CCC. The van der Waals surface area contributed by atoms with E-state index < -0.39 is 0 Å². The highest BCUT2D eigenvalue weighted by Gasteiger charge is 2.15. The van der Waals surface area contributed by atoms with Crippen molar-refractivity contribution in [1.82, 2.24) is 4.57 Å². The van der Waals surface area contributed by atoms with Crippen molar-refractivity contribution in [3.63, 3.8) is 0 Å². The molecule has 2 nitrogen and oxygen atoms in total. The zero-order valence-corrected chi connectivity index (χ0v) is 22.5. The Morgan fingerprint density at radius 2 is 0.969 bits per heavy atom. The molecule has 0 amide bonds. The van der Waals surface area contributed by atoms with Crippen LogP contribution in [0.5, 0.6) is 0 Å².